The molecule has 0 radical (unpaired) electrons. The molecule has 0 unspecified atom stereocenters. The topological polar surface area (TPSA) is 63.2 Å². The van der Waals surface area contributed by atoms with E-state index in [2.05, 4.69) is 31.2 Å². The van der Waals surface area contributed by atoms with E-state index in [1.165, 1.54) is 5.56 Å². The van der Waals surface area contributed by atoms with E-state index in [0.29, 0.717) is 5.89 Å². The first-order chi connectivity index (χ1) is 10.2. The third kappa shape index (κ3) is 3.89. The zero-order chi connectivity index (χ0) is 14.7. The molecule has 1 saturated heterocycles. The summed E-state index contributed by atoms with van der Waals surface area (Å²) in [5.74, 6) is 1.42. The molecule has 7 nitrogen and oxygen atoms in total. The average Bonchev–Trinajstić information content (AvgIpc) is 2.96. The predicted octanol–water partition coefficient (Wildman–Crippen LogP) is 0.819. The van der Waals surface area contributed by atoms with Crippen LogP contribution in [0.1, 0.15) is 23.7 Å². The molecular weight excluding hydrogens is 268 g/mol. The molecule has 0 aliphatic carbocycles. The van der Waals surface area contributed by atoms with Crippen molar-refractivity contribution < 1.29 is 4.52 Å². The van der Waals surface area contributed by atoms with Gasteiger partial charge in [0, 0.05) is 45.4 Å². The van der Waals surface area contributed by atoms with Crippen molar-refractivity contribution in [2.24, 2.45) is 7.05 Å². The summed E-state index contributed by atoms with van der Waals surface area (Å²) >= 11 is 0. The molecule has 1 aliphatic heterocycles. The van der Waals surface area contributed by atoms with Gasteiger partial charge in [0.15, 0.2) is 5.82 Å². The maximum Gasteiger partial charge on any atom is 0.223 e. The minimum absolute atomic E-state index is 0.637. The molecule has 0 spiro atoms. The summed E-state index contributed by atoms with van der Waals surface area (Å²) in [7, 11) is 1.96. The monoisotopic (exact) mass is 290 g/mol. The van der Waals surface area contributed by atoms with E-state index in [0.717, 1.165) is 51.5 Å². The van der Waals surface area contributed by atoms with Crippen LogP contribution in [0.2, 0.25) is 0 Å². The van der Waals surface area contributed by atoms with E-state index in [1.807, 2.05) is 24.9 Å². The number of rotatable bonds is 4. The van der Waals surface area contributed by atoms with Crippen molar-refractivity contribution in [3.63, 3.8) is 0 Å². The summed E-state index contributed by atoms with van der Waals surface area (Å²) in [4.78, 5) is 9.16. The Balaban J connectivity index is 1.51. The number of aryl methyl sites for hydroxylation is 2. The van der Waals surface area contributed by atoms with E-state index < -0.39 is 0 Å². The summed E-state index contributed by atoms with van der Waals surface area (Å²) in [6.45, 7) is 7.88. The molecule has 0 saturated carbocycles. The van der Waals surface area contributed by atoms with Gasteiger partial charge in [-0.15, -0.1) is 0 Å². The molecule has 0 atom stereocenters. The summed E-state index contributed by atoms with van der Waals surface area (Å²) in [5, 5.41) is 8.21. The van der Waals surface area contributed by atoms with Crippen LogP contribution in [-0.4, -0.2) is 55.9 Å². The Morgan fingerprint density at radius 2 is 1.90 bits per heavy atom. The number of hydrogen-bond donors (Lipinski definition) is 0. The van der Waals surface area contributed by atoms with Gasteiger partial charge in [0.05, 0.1) is 12.7 Å². The van der Waals surface area contributed by atoms with E-state index in [4.69, 9.17) is 4.52 Å². The van der Waals surface area contributed by atoms with Gasteiger partial charge >= 0.3 is 0 Å². The van der Waals surface area contributed by atoms with Crippen LogP contribution in [-0.2, 0) is 20.1 Å². The first-order valence-corrected chi connectivity index (χ1v) is 7.40. The molecule has 2 aromatic heterocycles. The van der Waals surface area contributed by atoms with Crippen molar-refractivity contribution in [2.75, 3.05) is 26.2 Å². The number of hydrogen-bond acceptors (Lipinski definition) is 6. The average molecular weight is 290 g/mol. The van der Waals surface area contributed by atoms with Crippen LogP contribution in [0, 0.1) is 6.92 Å². The standard InChI is InChI=1S/C14H22N6O/c1-12-16-14(17-21-12)11-20-5-3-4-19(6-7-20)10-13-8-15-18(2)9-13/h8-9H,3-7,10-11H2,1-2H3. The first kappa shape index (κ1) is 14.2. The Kier molecular flexibility index (Phi) is 4.31. The summed E-state index contributed by atoms with van der Waals surface area (Å²) < 4.78 is 6.89. The van der Waals surface area contributed by atoms with Gasteiger partial charge in [0.2, 0.25) is 5.89 Å². The van der Waals surface area contributed by atoms with Gasteiger partial charge in [0.1, 0.15) is 0 Å². The van der Waals surface area contributed by atoms with Gasteiger partial charge in [-0.25, -0.2) is 0 Å². The van der Waals surface area contributed by atoms with E-state index >= 15 is 0 Å². The molecule has 0 aromatic carbocycles. The molecule has 1 fully saturated rings. The van der Waals surface area contributed by atoms with Crippen molar-refractivity contribution in [3.8, 4) is 0 Å². The van der Waals surface area contributed by atoms with Crippen molar-refractivity contribution in [1.29, 1.82) is 0 Å². The molecule has 114 valence electrons. The van der Waals surface area contributed by atoms with Gasteiger partial charge in [-0.3, -0.25) is 14.5 Å². The quantitative estimate of drug-likeness (QED) is 0.831. The normalized spacial score (nSPS) is 18.0. The minimum atomic E-state index is 0.637. The third-order valence-electron chi connectivity index (χ3n) is 3.78. The van der Waals surface area contributed by atoms with Crippen molar-refractivity contribution in [1.82, 2.24) is 29.7 Å². The second kappa shape index (κ2) is 6.36. The van der Waals surface area contributed by atoms with E-state index in [9.17, 15) is 0 Å². The molecular formula is C14H22N6O. The predicted molar refractivity (Wildman–Crippen MR) is 77.4 cm³/mol. The van der Waals surface area contributed by atoms with Crippen LogP contribution in [0.3, 0.4) is 0 Å². The Morgan fingerprint density at radius 3 is 2.52 bits per heavy atom. The van der Waals surface area contributed by atoms with Crippen LogP contribution in [0.25, 0.3) is 0 Å². The van der Waals surface area contributed by atoms with E-state index in [1.54, 1.807) is 0 Å². The Bertz CT molecular complexity index is 527. The third-order valence-corrected chi connectivity index (χ3v) is 3.78. The van der Waals surface area contributed by atoms with E-state index in [-0.39, 0.29) is 0 Å². The largest absolute Gasteiger partial charge is 0.340 e. The summed E-state index contributed by atoms with van der Waals surface area (Å²) in [6, 6.07) is 0. The minimum Gasteiger partial charge on any atom is -0.340 e. The smallest absolute Gasteiger partial charge is 0.223 e. The van der Waals surface area contributed by atoms with Crippen LogP contribution >= 0.6 is 0 Å². The lowest BCUT2D eigenvalue weighted by Gasteiger charge is -2.20. The molecule has 0 bridgehead atoms. The Morgan fingerprint density at radius 1 is 1.14 bits per heavy atom. The Labute approximate surface area is 124 Å². The second-order valence-electron chi connectivity index (χ2n) is 5.66. The molecule has 21 heavy (non-hydrogen) atoms. The molecule has 3 rings (SSSR count). The molecule has 1 aliphatic rings. The number of nitrogens with zero attached hydrogens (tertiary/aromatic N) is 6. The second-order valence-corrected chi connectivity index (χ2v) is 5.66. The van der Waals surface area contributed by atoms with Crippen molar-refractivity contribution >= 4 is 0 Å². The van der Waals surface area contributed by atoms with Gasteiger partial charge in [-0.1, -0.05) is 5.16 Å². The molecule has 7 heteroatoms. The highest BCUT2D eigenvalue weighted by molar-refractivity contribution is 5.03. The maximum absolute atomic E-state index is 5.03. The summed E-state index contributed by atoms with van der Waals surface area (Å²) in [6.07, 6.45) is 5.20. The van der Waals surface area contributed by atoms with Crippen LogP contribution in [0.4, 0.5) is 0 Å². The van der Waals surface area contributed by atoms with Gasteiger partial charge in [-0.05, 0) is 19.5 Å². The lowest BCUT2D eigenvalue weighted by atomic mass is 10.3. The lowest BCUT2D eigenvalue weighted by Crippen LogP contribution is -2.30. The SMILES string of the molecule is Cc1nc(CN2CCCN(Cc3cnn(C)c3)CC2)no1. The van der Waals surface area contributed by atoms with Crippen molar-refractivity contribution in [2.45, 2.75) is 26.4 Å². The van der Waals surface area contributed by atoms with Gasteiger partial charge in [0.25, 0.3) is 0 Å². The highest BCUT2D eigenvalue weighted by Crippen LogP contribution is 2.10. The fourth-order valence-electron chi connectivity index (χ4n) is 2.76. The zero-order valence-electron chi connectivity index (χ0n) is 12.7. The zero-order valence-corrected chi connectivity index (χ0v) is 12.7. The summed E-state index contributed by atoms with van der Waals surface area (Å²) in [5.41, 5.74) is 1.28. The molecule has 0 amide bonds. The highest BCUT2D eigenvalue weighted by atomic mass is 16.5. The lowest BCUT2D eigenvalue weighted by molar-refractivity contribution is 0.241. The molecule has 3 heterocycles. The molecule has 0 N–H and O–H groups in total. The van der Waals surface area contributed by atoms with Crippen LogP contribution in [0.5, 0.6) is 0 Å². The maximum atomic E-state index is 5.03. The first-order valence-electron chi connectivity index (χ1n) is 7.40. The Hall–Kier alpha value is -1.73. The number of aromatic nitrogens is 4. The van der Waals surface area contributed by atoms with Crippen molar-refractivity contribution in [3.05, 3.63) is 29.7 Å². The fourth-order valence-corrected chi connectivity index (χ4v) is 2.76. The van der Waals surface area contributed by atoms with Gasteiger partial charge in [-0.2, -0.15) is 10.1 Å². The van der Waals surface area contributed by atoms with Crippen LogP contribution < -0.4 is 0 Å². The van der Waals surface area contributed by atoms with Crippen LogP contribution in [0.15, 0.2) is 16.9 Å². The van der Waals surface area contributed by atoms with Gasteiger partial charge < -0.3 is 4.52 Å². The molecule has 2 aromatic rings. The fraction of sp³-hybridized carbons (Fsp3) is 0.643. The highest BCUT2D eigenvalue weighted by Gasteiger charge is 2.17.